The average molecular weight is 445 g/mol. The van der Waals surface area contributed by atoms with Gasteiger partial charge in [0.1, 0.15) is 6.10 Å². The van der Waals surface area contributed by atoms with E-state index in [0.717, 1.165) is 24.6 Å². The molecule has 2 aromatic carbocycles. The molecule has 0 aliphatic carbocycles. The van der Waals surface area contributed by atoms with Crippen LogP contribution in [0.1, 0.15) is 33.9 Å². The molecule has 1 atom stereocenters. The summed E-state index contributed by atoms with van der Waals surface area (Å²) in [7, 11) is 1.82. The van der Waals surface area contributed by atoms with Crippen LogP contribution in [0.2, 0.25) is 0 Å². The Kier molecular flexibility index (Phi) is 7.25. The fourth-order valence-electron chi connectivity index (χ4n) is 4.28. The summed E-state index contributed by atoms with van der Waals surface area (Å²) in [6, 6.07) is 20.1. The average Bonchev–Trinajstić information content (AvgIpc) is 2.82. The van der Waals surface area contributed by atoms with Gasteiger partial charge < -0.3 is 19.5 Å². The first kappa shape index (κ1) is 22.8. The third-order valence-corrected chi connectivity index (χ3v) is 6.08. The Labute approximate surface area is 195 Å². The van der Waals surface area contributed by atoms with Crippen LogP contribution in [0.25, 0.3) is 0 Å². The molecule has 3 aromatic rings. The van der Waals surface area contributed by atoms with E-state index in [1.165, 1.54) is 22.3 Å². The SMILES string of the molecule is CN=C(NCc1ccc(Cn2ccccc2=O)cc1)N1CCOC(c2ccc(C)cc2C)C1. The quantitative estimate of drug-likeness (QED) is 0.482. The molecular weight excluding hydrogens is 412 g/mol. The van der Waals surface area contributed by atoms with Crippen LogP contribution in [0.5, 0.6) is 0 Å². The van der Waals surface area contributed by atoms with Crippen molar-refractivity contribution in [1.29, 1.82) is 0 Å². The number of hydrogen-bond acceptors (Lipinski definition) is 3. The second-order valence-corrected chi connectivity index (χ2v) is 8.55. The van der Waals surface area contributed by atoms with Crippen molar-refractivity contribution in [2.75, 3.05) is 26.7 Å². The van der Waals surface area contributed by atoms with E-state index in [4.69, 9.17) is 4.74 Å². The smallest absolute Gasteiger partial charge is 0.250 e. The molecule has 6 heteroatoms. The molecule has 0 radical (unpaired) electrons. The number of rotatable bonds is 5. The second-order valence-electron chi connectivity index (χ2n) is 8.55. The summed E-state index contributed by atoms with van der Waals surface area (Å²) in [4.78, 5) is 18.7. The highest BCUT2D eigenvalue weighted by Gasteiger charge is 2.25. The standard InChI is InChI=1S/C27H32N4O2/c1-20-7-12-24(21(2)16-20)25-19-31(14-15-33-25)27(28-3)29-17-22-8-10-23(11-9-22)18-30-13-5-4-6-26(30)32/h4-13,16,25H,14-15,17-19H2,1-3H3,(H,28,29). The number of nitrogens with one attached hydrogen (secondary N) is 1. The topological polar surface area (TPSA) is 58.9 Å². The lowest BCUT2D eigenvalue weighted by Crippen LogP contribution is -2.48. The molecule has 0 spiro atoms. The van der Waals surface area contributed by atoms with Gasteiger partial charge in [0.25, 0.3) is 5.56 Å². The van der Waals surface area contributed by atoms with Crippen LogP contribution in [0.15, 0.2) is 76.6 Å². The molecule has 1 saturated heterocycles. The molecule has 1 N–H and O–H groups in total. The zero-order valence-corrected chi connectivity index (χ0v) is 19.6. The number of benzene rings is 2. The van der Waals surface area contributed by atoms with Crippen LogP contribution in [0.4, 0.5) is 0 Å². The van der Waals surface area contributed by atoms with Crippen molar-refractivity contribution in [3.05, 3.63) is 105 Å². The number of hydrogen-bond donors (Lipinski definition) is 1. The van der Waals surface area contributed by atoms with Crippen molar-refractivity contribution in [3.63, 3.8) is 0 Å². The van der Waals surface area contributed by atoms with Gasteiger partial charge in [-0.15, -0.1) is 0 Å². The summed E-state index contributed by atoms with van der Waals surface area (Å²) in [6.45, 7) is 7.78. The van der Waals surface area contributed by atoms with Gasteiger partial charge in [0.15, 0.2) is 5.96 Å². The van der Waals surface area contributed by atoms with E-state index in [0.29, 0.717) is 19.7 Å². The van der Waals surface area contributed by atoms with Gasteiger partial charge in [-0.1, -0.05) is 54.1 Å². The fraction of sp³-hybridized carbons (Fsp3) is 0.333. The van der Waals surface area contributed by atoms with E-state index in [1.807, 2.05) is 19.3 Å². The van der Waals surface area contributed by atoms with E-state index in [-0.39, 0.29) is 11.7 Å². The predicted octanol–water partition coefficient (Wildman–Crippen LogP) is 3.66. The molecular formula is C27H32N4O2. The molecule has 0 bridgehead atoms. The van der Waals surface area contributed by atoms with Crippen LogP contribution >= 0.6 is 0 Å². The Hall–Kier alpha value is -3.38. The number of aromatic nitrogens is 1. The highest BCUT2D eigenvalue weighted by atomic mass is 16.5. The fourth-order valence-corrected chi connectivity index (χ4v) is 4.28. The number of pyridine rings is 1. The minimum absolute atomic E-state index is 0.0108. The number of aliphatic imine (C=N–C) groups is 1. The number of aryl methyl sites for hydroxylation is 2. The van der Waals surface area contributed by atoms with Crippen molar-refractivity contribution in [3.8, 4) is 0 Å². The summed E-state index contributed by atoms with van der Waals surface area (Å²) < 4.78 is 7.80. The monoisotopic (exact) mass is 444 g/mol. The Morgan fingerprint density at radius 2 is 1.88 bits per heavy atom. The van der Waals surface area contributed by atoms with Gasteiger partial charge in [0.2, 0.25) is 0 Å². The van der Waals surface area contributed by atoms with Crippen molar-refractivity contribution in [2.45, 2.75) is 33.0 Å². The second kappa shape index (κ2) is 10.5. The minimum atomic E-state index is 0.0108. The van der Waals surface area contributed by atoms with Gasteiger partial charge in [0, 0.05) is 32.4 Å². The summed E-state index contributed by atoms with van der Waals surface area (Å²) >= 11 is 0. The molecule has 0 saturated carbocycles. The zero-order chi connectivity index (χ0) is 23.2. The Bertz CT molecular complexity index is 1170. The maximum absolute atomic E-state index is 11.9. The van der Waals surface area contributed by atoms with Gasteiger partial charge in [-0.25, -0.2) is 0 Å². The van der Waals surface area contributed by atoms with Gasteiger partial charge in [-0.3, -0.25) is 9.79 Å². The van der Waals surface area contributed by atoms with Crippen LogP contribution < -0.4 is 10.9 Å². The first-order valence-electron chi connectivity index (χ1n) is 11.4. The van der Waals surface area contributed by atoms with Crippen LogP contribution in [0, 0.1) is 13.8 Å². The van der Waals surface area contributed by atoms with Gasteiger partial charge in [-0.2, -0.15) is 0 Å². The van der Waals surface area contributed by atoms with Crippen molar-refractivity contribution < 1.29 is 4.74 Å². The molecule has 1 aliphatic heterocycles. The van der Waals surface area contributed by atoms with Crippen molar-refractivity contribution in [2.24, 2.45) is 4.99 Å². The van der Waals surface area contributed by atoms with Gasteiger partial charge in [0.05, 0.1) is 19.7 Å². The molecule has 0 amide bonds. The molecule has 2 heterocycles. The lowest BCUT2D eigenvalue weighted by molar-refractivity contribution is -0.00834. The Morgan fingerprint density at radius 1 is 1.09 bits per heavy atom. The molecule has 1 fully saturated rings. The maximum Gasteiger partial charge on any atom is 0.250 e. The van der Waals surface area contributed by atoms with Gasteiger partial charge in [-0.05, 0) is 42.2 Å². The molecule has 1 unspecified atom stereocenters. The number of nitrogens with zero attached hydrogens (tertiary/aromatic N) is 3. The summed E-state index contributed by atoms with van der Waals surface area (Å²) in [5, 5.41) is 3.49. The van der Waals surface area contributed by atoms with E-state index < -0.39 is 0 Å². The van der Waals surface area contributed by atoms with Crippen LogP contribution in [0.3, 0.4) is 0 Å². The molecule has 33 heavy (non-hydrogen) atoms. The summed E-state index contributed by atoms with van der Waals surface area (Å²) in [5.74, 6) is 0.882. The minimum Gasteiger partial charge on any atom is -0.370 e. The van der Waals surface area contributed by atoms with Crippen molar-refractivity contribution >= 4 is 5.96 Å². The Morgan fingerprint density at radius 3 is 2.61 bits per heavy atom. The van der Waals surface area contributed by atoms with E-state index in [9.17, 15) is 4.79 Å². The molecule has 1 aliphatic rings. The third kappa shape index (κ3) is 5.71. The lowest BCUT2D eigenvalue weighted by atomic mass is 10.00. The molecule has 6 nitrogen and oxygen atoms in total. The number of guanidine groups is 1. The zero-order valence-electron chi connectivity index (χ0n) is 19.6. The largest absolute Gasteiger partial charge is 0.370 e. The van der Waals surface area contributed by atoms with Gasteiger partial charge >= 0.3 is 0 Å². The third-order valence-electron chi connectivity index (χ3n) is 6.08. The summed E-state index contributed by atoms with van der Waals surface area (Å²) in [6.07, 6.45) is 1.86. The van der Waals surface area contributed by atoms with E-state index >= 15 is 0 Å². The van der Waals surface area contributed by atoms with Crippen LogP contribution in [-0.2, 0) is 17.8 Å². The molecule has 1 aromatic heterocycles. The number of morpholine rings is 1. The molecule has 172 valence electrons. The highest BCUT2D eigenvalue weighted by Crippen LogP contribution is 2.26. The summed E-state index contributed by atoms with van der Waals surface area (Å²) in [5.41, 5.74) is 6.05. The van der Waals surface area contributed by atoms with Crippen molar-refractivity contribution in [1.82, 2.24) is 14.8 Å². The normalized spacial score (nSPS) is 16.6. The van der Waals surface area contributed by atoms with Crippen LogP contribution in [-0.4, -0.2) is 42.2 Å². The number of ether oxygens (including phenoxy) is 1. The van der Waals surface area contributed by atoms with E-state index in [2.05, 4.69) is 71.5 Å². The first-order chi connectivity index (χ1) is 16.0. The lowest BCUT2D eigenvalue weighted by Gasteiger charge is -2.36. The maximum atomic E-state index is 11.9. The highest BCUT2D eigenvalue weighted by molar-refractivity contribution is 5.80. The molecule has 4 rings (SSSR count). The Balaban J connectivity index is 1.36. The predicted molar refractivity (Wildman–Crippen MR) is 133 cm³/mol. The first-order valence-corrected chi connectivity index (χ1v) is 11.4. The van der Waals surface area contributed by atoms with E-state index in [1.54, 1.807) is 16.7 Å².